The lowest BCUT2D eigenvalue weighted by molar-refractivity contribution is -0.143. The summed E-state index contributed by atoms with van der Waals surface area (Å²) >= 11 is 0. The monoisotopic (exact) mass is 244 g/mol. The fraction of sp³-hybridized carbons (Fsp3) is 0.923. The van der Waals surface area contributed by atoms with Crippen LogP contribution < -0.4 is 5.73 Å². The van der Waals surface area contributed by atoms with Crippen molar-refractivity contribution in [1.82, 2.24) is 4.90 Å². The maximum atomic E-state index is 11.0. The van der Waals surface area contributed by atoms with Gasteiger partial charge in [0.25, 0.3) is 0 Å². The van der Waals surface area contributed by atoms with Crippen molar-refractivity contribution in [1.29, 1.82) is 0 Å². The highest BCUT2D eigenvalue weighted by Crippen LogP contribution is 2.19. The molecule has 0 spiro atoms. The minimum absolute atomic E-state index is 0.159. The van der Waals surface area contributed by atoms with Gasteiger partial charge < -0.3 is 15.7 Å². The molecule has 0 amide bonds. The Hall–Kier alpha value is -0.610. The number of aliphatic carboxylic acids is 1. The van der Waals surface area contributed by atoms with E-state index in [9.17, 15) is 4.79 Å². The molecule has 4 nitrogen and oxygen atoms in total. The second-order valence-electron chi connectivity index (χ2n) is 5.51. The number of carboxylic acids is 1. The third-order valence-electron chi connectivity index (χ3n) is 4.07. The largest absolute Gasteiger partial charge is 0.480 e. The van der Waals surface area contributed by atoms with Crippen LogP contribution in [0.3, 0.4) is 0 Å². The normalized spacial score (nSPS) is 15.9. The summed E-state index contributed by atoms with van der Waals surface area (Å²) in [4.78, 5) is 13.3. The van der Waals surface area contributed by atoms with Gasteiger partial charge in [0.05, 0.1) is 0 Å². The summed E-state index contributed by atoms with van der Waals surface area (Å²) in [5, 5.41) is 9.07. The molecule has 1 unspecified atom stereocenters. The van der Waals surface area contributed by atoms with E-state index in [1.54, 1.807) is 0 Å². The molecule has 0 radical (unpaired) electrons. The van der Waals surface area contributed by atoms with Crippen molar-refractivity contribution in [3.8, 4) is 0 Å². The highest BCUT2D eigenvalue weighted by atomic mass is 16.4. The first-order valence-corrected chi connectivity index (χ1v) is 6.43. The average Bonchev–Trinajstić information content (AvgIpc) is 2.28. The number of carboxylic acid groups (broad SMARTS) is 1. The van der Waals surface area contributed by atoms with Gasteiger partial charge in [-0.3, -0.25) is 4.79 Å². The van der Waals surface area contributed by atoms with Crippen LogP contribution in [0, 0.1) is 0 Å². The van der Waals surface area contributed by atoms with E-state index in [1.807, 2.05) is 6.92 Å². The second-order valence-corrected chi connectivity index (χ2v) is 5.51. The molecular weight excluding hydrogens is 216 g/mol. The first kappa shape index (κ1) is 16.4. The Morgan fingerprint density at radius 1 is 1.29 bits per heavy atom. The van der Waals surface area contributed by atoms with Gasteiger partial charge in [-0.2, -0.15) is 0 Å². The molecule has 0 bridgehead atoms. The first-order valence-electron chi connectivity index (χ1n) is 6.43. The van der Waals surface area contributed by atoms with Crippen molar-refractivity contribution in [2.45, 2.75) is 64.5 Å². The predicted octanol–water partition coefficient (Wildman–Crippen LogP) is 2.08. The quantitative estimate of drug-likeness (QED) is 0.686. The molecule has 0 rings (SSSR count). The summed E-state index contributed by atoms with van der Waals surface area (Å²) in [6.45, 7) is 9.26. The Morgan fingerprint density at radius 2 is 1.82 bits per heavy atom. The molecule has 0 aromatic heterocycles. The van der Waals surface area contributed by atoms with Crippen molar-refractivity contribution < 1.29 is 9.90 Å². The molecule has 0 fully saturated rings. The molecule has 0 aliphatic heterocycles. The van der Waals surface area contributed by atoms with E-state index in [4.69, 9.17) is 10.8 Å². The van der Waals surface area contributed by atoms with Crippen molar-refractivity contribution >= 4 is 5.97 Å². The highest BCUT2D eigenvalue weighted by Gasteiger charge is 2.31. The van der Waals surface area contributed by atoms with Crippen molar-refractivity contribution in [3.63, 3.8) is 0 Å². The lowest BCUT2D eigenvalue weighted by Crippen LogP contribution is -2.48. The van der Waals surface area contributed by atoms with Gasteiger partial charge in [-0.25, -0.2) is 0 Å². The zero-order valence-corrected chi connectivity index (χ0v) is 11.9. The number of hydrogen-bond acceptors (Lipinski definition) is 3. The fourth-order valence-electron chi connectivity index (χ4n) is 1.64. The topological polar surface area (TPSA) is 66.6 Å². The van der Waals surface area contributed by atoms with Crippen LogP contribution in [0.15, 0.2) is 0 Å². The van der Waals surface area contributed by atoms with Crippen LogP contribution in [0.5, 0.6) is 0 Å². The molecule has 1 atom stereocenters. The molecular formula is C13H28N2O2. The first-order chi connectivity index (χ1) is 7.69. The van der Waals surface area contributed by atoms with Crippen molar-refractivity contribution in [2.24, 2.45) is 5.73 Å². The zero-order valence-electron chi connectivity index (χ0n) is 11.9. The van der Waals surface area contributed by atoms with Crippen molar-refractivity contribution in [2.75, 3.05) is 13.6 Å². The van der Waals surface area contributed by atoms with E-state index in [0.717, 1.165) is 19.4 Å². The summed E-state index contributed by atoms with van der Waals surface area (Å²) in [5.41, 5.74) is 4.95. The Kier molecular flexibility index (Phi) is 6.13. The molecule has 0 aromatic rings. The summed E-state index contributed by atoms with van der Waals surface area (Å²) in [7, 11) is 2.08. The smallest absolute Gasteiger partial charge is 0.323 e. The van der Waals surface area contributed by atoms with Crippen molar-refractivity contribution in [3.05, 3.63) is 0 Å². The number of nitrogens with zero attached hydrogens (tertiary/aromatic N) is 1. The van der Waals surface area contributed by atoms with Gasteiger partial charge in [0.15, 0.2) is 0 Å². The molecule has 0 aliphatic rings. The van der Waals surface area contributed by atoms with Crippen LogP contribution in [0.4, 0.5) is 0 Å². The molecule has 3 N–H and O–H groups in total. The predicted molar refractivity (Wildman–Crippen MR) is 71.1 cm³/mol. The second kappa shape index (κ2) is 6.36. The lowest BCUT2D eigenvalue weighted by atomic mass is 9.91. The zero-order chi connectivity index (χ0) is 13.7. The van der Waals surface area contributed by atoms with Crippen LogP contribution in [0.25, 0.3) is 0 Å². The van der Waals surface area contributed by atoms with Crippen LogP contribution in [0.1, 0.15) is 53.4 Å². The van der Waals surface area contributed by atoms with E-state index >= 15 is 0 Å². The molecule has 0 saturated heterocycles. The summed E-state index contributed by atoms with van der Waals surface area (Å²) in [5.74, 6) is -0.891. The summed E-state index contributed by atoms with van der Waals surface area (Å²) in [6.07, 6.45) is 2.90. The minimum atomic E-state index is -1.06. The Bertz CT molecular complexity index is 254. The van der Waals surface area contributed by atoms with Crippen LogP contribution in [-0.4, -0.2) is 40.6 Å². The Labute approximate surface area is 105 Å². The molecule has 0 heterocycles. The number of carbonyl (C=O) groups is 1. The standard InChI is InChI=1S/C13H28N2O2/c1-6-12(3,4)15(5)10-8-9-13(14,7-2)11(16)17/h6-10,14H2,1-5H3,(H,16,17). The number of rotatable bonds is 8. The van der Waals surface area contributed by atoms with Gasteiger partial charge in [-0.05, 0) is 53.1 Å². The highest BCUT2D eigenvalue weighted by molar-refractivity contribution is 5.78. The average molecular weight is 244 g/mol. The lowest BCUT2D eigenvalue weighted by Gasteiger charge is -2.35. The molecule has 0 saturated carbocycles. The summed E-state index contributed by atoms with van der Waals surface area (Å²) < 4.78 is 0. The molecule has 102 valence electrons. The summed E-state index contributed by atoms with van der Waals surface area (Å²) in [6, 6.07) is 0. The number of hydrogen-bond donors (Lipinski definition) is 2. The van der Waals surface area contributed by atoms with Crippen LogP contribution >= 0.6 is 0 Å². The van der Waals surface area contributed by atoms with Gasteiger partial charge in [0, 0.05) is 5.54 Å². The van der Waals surface area contributed by atoms with Crippen LogP contribution in [-0.2, 0) is 4.79 Å². The van der Waals surface area contributed by atoms with E-state index in [-0.39, 0.29) is 5.54 Å². The molecule has 0 aliphatic carbocycles. The van der Waals surface area contributed by atoms with Gasteiger partial charge >= 0.3 is 5.97 Å². The van der Waals surface area contributed by atoms with E-state index in [0.29, 0.717) is 12.8 Å². The molecule has 0 aromatic carbocycles. The van der Waals surface area contributed by atoms with Crippen LogP contribution in [0.2, 0.25) is 0 Å². The van der Waals surface area contributed by atoms with E-state index < -0.39 is 11.5 Å². The SMILES string of the molecule is CCC(N)(CCCN(C)C(C)(C)CC)C(=O)O. The van der Waals surface area contributed by atoms with Gasteiger partial charge in [0.1, 0.15) is 5.54 Å². The maximum Gasteiger partial charge on any atom is 0.323 e. The molecule has 4 heteroatoms. The number of nitrogens with two attached hydrogens (primary N) is 1. The maximum absolute atomic E-state index is 11.0. The fourth-order valence-corrected chi connectivity index (χ4v) is 1.64. The van der Waals surface area contributed by atoms with Gasteiger partial charge in [-0.1, -0.05) is 13.8 Å². The van der Waals surface area contributed by atoms with Gasteiger partial charge in [0.2, 0.25) is 0 Å². The van der Waals surface area contributed by atoms with E-state index in [1.165, 1.54) is 0 Å². The Balaban J connectivity index is 4.19. The molecule has 17 heavy (non-hydrogen) atoms. The minimum Gasteiger partial charge on any atom is -0.480 e. The third kappa shape index (κ3) is 4.64. The Morgan fingerprint density at radius 3 is 2.18 bits per heavy atom. The van der Waals surface area contributed by atoms with Gasteiger partial charge in [-0.15, -0.1) is 0 Å². The van der Waals surface area contributed by atoms with E-state index in [2.05, 4.69) is 32.7 Å². The third-order valence-corrected chi connectivity index (χ3v) is 4.07.